The van der Waals surface area contributed by atoms with Crippen LogP contribution in [-0.2, 0) is 10.0 Å². The van der Waals surface area contributed by atoms with Crippen molar-refractivity contribution in [1.29, 1.82) is 5.41 Å². The van der Waals surface area contributed by atoms with E-state index in [1.807, 2.05) is 0 Å². The first-order valence-corrected chi connectivity index (χ1v) is 6.04. The summed E-state index contributed by atoms with van der Waals surface area (Å²) in [6, 6.07) is 0.523. The number of hydrogen-bond donors (Lipinski definition) is 2. The van der Waals surface area contributed by atoms with Crippen LogP contribution in [0.25, 0.3) is 0 Å². The van der Waals surface area contributed by atoms with Crippen molar-refractivity contribution in [3.63, 3.8) is 0 Å². The zero-order valence-corrected chi connectivity index (χ0v) is 10.1. The molecule has 18 heavy (non-hydrogen) atoms. The summed E-state index contributed by atoms with van der Waals surface area (Å²) >= 11 is 0. The largest absolute Gasteiger partial charge is 0.387 e. The van der Waals surface area contributed by atoms with E-state index in [1.54, 1.807) is 0 Å². The fourth-order valence-electron chi connectivity index (χ4n) is 1.26. The van der Waals surface area contributed by atoms with Crippen LogP contribution in [0.1, 0.15) is 0 Å². The highest BCUT2D eigenvalue weighted by atomic mass is 32.2. The van der Waals surface area contributed by atoms with Crippen molar-refractivity contribution in [2.75, 3.05) is 13.6 Å². The zero-order valence-electron chi connectivity index (χ0n) is 9.25. The maximum absolute atomic E-state index is 13.3. The standard InChI is InChI=1S/C9H10F3N3O2S/c1-15(4-8(13)14)18(16,17)9-6(11)2-5(10)3-7(9)12/h2-3H,4H2,1H3,(H3,13,14). The predicted molar refractivity (Wildman–Crippen MR) is 58.0 cm³/mol. The van der Waals surface area contributed by atoms with E-state index < -0.39 is 44.8 Å². The number of nitrogens with zero attached hydrogens (tertiary/aromatic N) is 1. The Morgan fingerprint density at radius 1 is 1.33 bits per heavy atom. The minimum Gasteiger partial charge on any atom is -0.387 e. The van der Waals surface area contributed by atoms with Crippen molar-refractivity contribution in [2.24, 2.45) is 5.73 Å². The molecule has 0 bridgehead atoms. The first kappa shape index (κ1) is 14.5. The topological polar surface area (TPSA) is 87.2 Å². The first-order valence-electron chi connectivity index (χ1n) is 4.60. The van der Waals surface area contributed by atoms with Gasteiger partial charge in [-0.3, -0.25) is 5.41 Å². The molecule has 0 fully saturated rings. The monoisotopic (exact) mass is 281 g/mol. The van der Waals surface area contributed by atoms with Crippen molar-refractivity contribution >= 4 is 15.9 Å². The van der Waals surface area contributed by atoms with Gasteiger partial charge in [0, 0.05) is 19.2 Å². The second-order valence-corrected chi connectivity index (χ2v) is 5.47. The van der Waals surface area contributed by atoms with Crippen LogP contribution in [0.5, 0.6) is 0 Å². The van der Waals surface area contributed by atoms with Crippen molar-refractivity contribution in [1.82, 2.24) is 4.31 Å². The van der Waals surface area contributed by atoms with Crippen LogP contribution >= 0.6 is 0 Å². The molecular weight excluding hydrogens is 271 g/mol. The molecule has 100 valence electrons. The van der Waals surface area contributed by atoms with Gasteiger partial charge in [-0.05, 0) is 0 Å². The molecule has 1 rings (SSSR count). The van der Waals surface area contributed by atoms with E-state index in [4.69, 9.17) is 11.1 Å². The Balaban J connectivity index is 3.33. The quantitative estimate of drug-likeness (QED) is 0.628. The van der Waals surface area contributed by atoms with Crippen LogP contribution < -0.4 is 5.73 Å². The Morgan fingerprint density at radius 3 is 2.17 bits per heavy atom. The number of hydrogen-bond acceptors (Lipinski definition) is 3. The summed E-state index contributed by atoms with van der Waals surface area (Å²) in [6.07, 6.45) is 0. The minimum atomic E-state index is -4.52. The highest BCUT2D eigenvalue weighted by Gasteiger charge is 2.29. The van der Waals surface area contributed by atoms with Crippen molar-refractivity contribution in [3.8, 4) is 0 Å². The molecule has 3 N–H and O–H groups in total. The van der Waals surface area contributed by atoms with E-state index in [1.165, 1.54) is 0 Å². The van der Waals surface area contributed by atoms with Crippen molar-refractivity contribution in [2.45, 2.75) is 4.90 Å². The molecule has 0 aliphatic carbocycles. The van der Waals surface area contributed by atoms with Gasteiger partial charge in [0.15, 0.2) is 4.90 Å². The molecule has 1 aromatic rings. The van der Waals surface area contributed by atoms with Gasteiger partial charge in [-0.2, -0.15) is 4.31 Å². The van der Waals surface area contributed by atoms with E-state index >= 15 is 0 Å². The zero-order chi connectivity index (χ0) is 14.1. The first-order chi connectivity index (χ1) is 8.16. The van der Waals surface area contributed by atoms with Gasteiger partial charge in [0.25, 0.3) is 0 Å². The predicted octanol–water partition coefficient (Wildman–Crippen LogP) is 0.660. The highest BCUT2D eigenvalue weighted by Crippen LogP contribution is 2.22. The maximum Gasteiger partial charge on any atom is 0.249 e. The fraction of sp³-hybridized carbons (Fsp3) is 0.222. The van der Waals surface area contributed by atoms with E-state index in [0.29, 0.717) is 4.31 Å². The molecule has 0 saturated carbocycles. The number of benzene rings is 1. The molecular formula is C9H10F3N3O2S. The summed E-state index contributed by atoms with van der Waals surface area (Å²) in [5.74, 6) is -4.80. The van der Waals surface area contributed by atoms with Crippen LogP contribution in [0.3, 0.4) is 0 Å². The number of rotatable bonds is 4. The number of nitrogens with one attached hydrogen (secondary N) is 1. The summed E-state index contributed by atoms with van der Waals surface area (Å²) in [4.78, 5) is -1.27. The lowest BCUT2D eigenvalue weighted by Crippen LogP contribution is -2.35. The third-order valence-corrected chi connectivity index (χ3v) is 3.88. The average molecular weight is 281 g/mol. The van der Waals surface area contributed by atoms with Gasteiger partial charge in [0.05, 0.1) is 6.54 Å². The molecule has 0 heterocycles. The van der Waals surface area contributed by atoms with Crippen molar-refractivity contribution < 1.29 is 21.6 Å². The number of likely N-dealkylation sites (N-methyl/N-ethyl adjacent to an activating group) is 1. The van der Waals surface area contributed by atoms with E-state index in [9.17, 15) is 21.6 Å². The molecule has 0 saturated heterocycles. The Bertz CT molecular complexity index is 566. The third-order valence-electron chi connectivity index (χ3n) is 2.02. The molecule has 0 atom stereocenters. The number of sulfonamides is 1. The highest BCUT2D eigenvalue weighted by molar-refractivity contribution is 7.89. The molecule has 9 heteroatoms. The SMILES string of the molecule is CN(CC(=N)N)S(=O)(=O)c1c(F)cc(F)cc1F. The summed E-state index contributed by atoms with van der Waals surface area (Å²) in [5, 5.41) is 6.93. The van der Waals surface area contributed by atoms with Gasteiger partial charge >= 0.3 is 0 Å². The molecule has 1 aromatic carbocycles. The second-order valence-electron chi connectivity index (χ2n) is 3.48. The van der Waals surface area contributed by atoms with Crippen LogP contribution in [0.2, 0.25) is 0 Å². The van der Waals surface area contributed by atoms with Gasteiger partial charge in [0.2, 0.25) is 10.0 Å². The van der Waals surface area contributed by atoms with Crippen LogP contribution in [0, 0.1) is 22.9 Å². The second kappa shape index (κ2) is 4.94. The Labute approximate surface area is 102 Å². The van der Waals surface area contributed by atoms with Gasteiger partial charge in [-0.1, -0.05) is 0 Å². The van der Waals surface area contributed by atoms with Gasteiger partial charge in [-0.25, -0.2) is 21.6 Å². The molecule has 0 aromatic heterocycles. The lowest BCUT2D eigenvalue weighted by atomic mass is 10.3. The molecule has 0 aliphatic heterocycles. The molecule has 5 nitrogen and oxygen atoms in total. The summed E-state index contributed by atoms with van der Waals surface area (Å²) in [5.41, 5.74) is 5.00. The lowest BCUT2D eigenvalue weighted by Gasteiger charge is -2.17. The minimum absolute atomic E-state index is 0.261. The summed E-state index contributed by atoms with van der Waals surface area (Å²) < 4.78 is 63.4. The number of amidine groups is 1. The Hall–Kier alpha value is -1.61. The average Bonchev–Trinajstić information content (AvgIpc) is 2.13. The normalized spacial score (nSPS) is 11.8. The fourth-order valence-corrected chi connectivity index (χ4v) is 2.49. The van der Waals surface area contributed by atoms with E-state index in [-0.39, 0.29) is 12.1 Å². The number of nitrogens with two attached hydrogens (primary N) is 1. The van der Waals surface area contributed by atoms with Crippen molar-refractivity contribution in [3.05, 3.63) is 29.6 Å². The smallest absolute Gasteiger partial charge is 0.249 e. The van der Waals surface area contributed by atoms with Crippen LogP contribution in [0.15, 0.2) is 17.0 Å². The van der Waals surface area contributed by atoms with E-state index in [2.05, 4.69) is 0 Å². The molecule has 0 aliphatic rings. The summed E-state index contributed by atoms with van der Waals surface area (Å²) in [7, 11) is -3.52. The number of halogens is 3. The van der Waals surface area contributed by atoms with Gasteiger partial charge < -0.3 is 5.73 Å². The van der Waals surface area contributed by atoms with E-state index in [0.717, 1.165) is 7.05 Å². The maximum atomic E-state index is 13.3. The summed E-state index contributed by atoms with van der Waals surface area (Å²) in [6.45, 7) is -0.529. The van der Waals surface area contributed by atoms with Gasteiger partial charge in [-0.15, -0.1) is 0 Å². The molecule has 0 spiro atoms. The van der Waals surface area contributed by atoms with Crippen LogP contribution in [0.4, 0.5) is 13.2 Å². The third kappa shape index (κ3) is 2.79. The lowest BCUT2D eigenvalue weighted by molar-refractivity contribution is 0.466. The Morgan fingerprint density at radius 2 is 1.78 bits per heavy atom. The van der Waals surface area contributed by atoms with Crippen LogP contribution in [-0.4, -0.2) is 32.2 Å². The molecule has 0 unspecified atom stereocenters. The molecule has 0 radical (unpaired) electrons. The Kier molecular flexibility index (Phi) is 3.97. The van der Waals surface area contributed by atoms with Gasteiger partial charge in [0.1, 0.15) is 23.3 Å². The molecule has 0 amide bonds.